The summed E-state index contributed by atoms with van der Waals surface area (Å²) in [4.78, 5) is 23.9. The number of carbonyl (C=O) groups is 2. The van der Waals surface area contributed by atoms with Crippen LogP contribution in [0.1, 0.15) is 24.2 Å². The van der Waals surface area contributed by atoms with Gasteiger partial charge in [0.25, 0.3) is 5.91 Å². The normalized spacial score (nSPS) is 10.4. The van der Waals surface area contributed by atoms with Crippen LogP contribution in [0.3, 0.4) is 0 Å². The lowest BCUT2D eigenvalue weighted by Gasteiger charge is -2.11. The summed E-state index contributed by atoms with van der Waals surface area (Å²) < 4.78 is 0. The lowest BCUT2D eigenvalue weighted by atomic mass is 10.2. The van der Waals surface area contributed by atoms with Gasteiger partial charge in [0.1, 0.15) is 0 Å². The summed E-state index contributed by atoms with van der Waals surface area (Å²) in [6.45, 7) is 3.78. The average Bonchev–Trinajstić information content (AvgIpc) is 2.52. The molecule has 0 saturated heterocycles. The monoisotopic (exact) mass is 365 g/mol. The predicted octanol–water partition coefficient (Wildman–Crippen LogP) is 4.78. The summed E-state index contributed by atoms with van der Waals surface area (Å²) in [5.41, 5.74) is 1.48. The molecule has 3 N–H and O–H groups in total. The Kier molecular flexibility index (Phi) is 6.06. The Morgan fingerprint density at radius 2 is 1.62 bits per heavy atom. The molecule has 0 saturated carbocycles. The van der Waals surface area contributed by atoms with Gasteiger partial charge >= 0.3 is 6.03 Å². The Morgan fingerprint density at radius 3 is 2.25 bits per heavy atom. The van der Waals surface area contributed by atoms with Gasteiger partial charge in [-0.15, -0.1) is 0 Å². The maximum atomic E-state index is 12.0. The molecule has 7 heteroatoms. The Bertz CT molecular complexity index is 746. The van der Waals surface area contributed by atoms with Crippen LogP contribution in [0.15, 0.2) is 42.5 Å². The molecule has 2 aromatic rings. The second-order valence-electron chi connectivity index (χ2n) is 5.39. The van der Waals surface area contributed by atoms with Crippen molar-refractivity contribution in [1.29, 1.82) is 0 Å². The molecular weight excluding hydrogens is 349 g/mol. The minimum absolute atomic E-state index is 0.0588. The first-order valence-electron chi connectivity index (χ1n) is 7.29. The van der Waals surface area contributed by atoms with Gasteiger partial charge in [-0.3, -0.25) is 4.79 Å². The van der Waals surface area contributed by atoms with E-state index in [2.05, 4.69) is 16.0 Å². The van der Waals surface area contributed by atoms with Crippen LogP contribution in [0, 0.1) is 0 Å². The van der Waals surface area contributed by atoms with Crippen molar-refractivity contribution in [2.75, 3.05) is 10.6 Å². The maximum absolute atomic E-state index is 12.0. The maximum Gasteiger partial charge on any atom is 0.323 e. The van der Waals surface area contributed by atoms with Crippen molar-refractivity contribution >= 4 is 46.5 Å². The highest BCUT2D eigenvalue weighted by Gasteiger charge is 2.10. The molecule has 24 heavy (non-hydrogen) atoms. The smallest absolute Gasteiger partial charge is 0.323 e. The standard InChI is InChI=1S/C17H17Cl2N3O2/c1-10(2)20-16(23)11-6-8-12(9-7-11)21-17(24)22-14-5-3-4-13(18)15(14)19/h3-10H,1-2H3,(H,20,23)(H2,21,22,24). The van der Waals surface area contributed by atoms with E-state index in [9.17, 15) is 9.59 Å². The number of nitrogens with one attached hydrogen (secondary N) is 3. The summed E-state index contributed by atoms with van der Waals surface area (Å²) in [6, 6.07) is 11.1. The first-order chi connectivity index (χ1) is 11.4. The minimum atomic E-state index is -0.460. The van der Waals surface area contributed by atoms with Crippen LogP contribution >= 0.6 is 23.2 Å². The van der Waals surface area contributed by atoms with E-state index >= 15 is 0 Å². The molecule has 0 unspecified atom stereocenters. The molecule has 3 amide bonds. The molecule has 2 aromatic carbocycles. The number of halogens is 2. The molecule has 126 valence electrons. The Labute approximate surface area is 150 Å². The fraction of sp³-hybridized carbons (Fsp3) is 0.176. The largest absolute Gasteiger partial charge is 0.350 e. The third kappa shape index (κ3) is 4.88. The molecule has 0 spiro atoms. The lowest BCUT2D eigenvalue weighted by Crippen LogP contribution is -2.30. The molecule has 5 nitrogen and oxygen atoms in total. The van der Waals surface area contributed by atoms with Crippen molar-refractivity contribution in [2.45, 2.75) is 19.9 Å². The summed E-state index contributed by atoms with van der Waals surface area (Å²) in [5.74, 6) is -0.160. The van der Waals surface area contributed by atoms with Gasteiger partial charge in [-0.05, 0) is 50.2 Å². The highest BCUT2D eigenvalue weighted by Crippen LogP contribution is 2.29. The minimum Gasteiger partial charge on any atom is -0.350 e. The highest BCUT2D eigenvalue weighted by molar-refractivity contribution is 6.44. The zero-order valence-corrected chi connectivity index (χ0v) is 14.7. The quantitative estimate of drug-likeness (QED) is 0.729. The van der Waals surface area contributed by atoms with Gasteiger partial charge in [0.05, 0.1) is 15.7 Å². The van der Waals surface area contributed by atoms with Crippen molar-refractivity contribution in [3.63, 3.8) is 0 Å². The van der Waals surface area contributed by atoms with Gasteiger partial charge in [-0.1, -0.05) is 29.3 Å². The van der Waals surface area contributed by atoms with Gasteiger partial charge in [-0.2, -0.15) is 0 Å². The fourth-order valence-electron chi connectivity index (χ4n) is 1.94. The van der Waals surface area contributed by atoms with Crippen molar-refractivity contribution in [3.05, 3.63) is 58.1 Å². The SMILES string of the molecule is CC(C)NC(=O)c1ccc(NC(=O)Nc2cccc(Cl)c2Cl)cc1. The van der Waals surface area contributed by atoms with E-state index in [4.69, 9.17) is 23.2 Å². The van der Waals surface area contributed by atoms with Crippen LogP contribution in [0.2, 0.25) is 10.0 Å². The molecule has 0 heterocycles. The number of hydrogen-bond acceptors (Lipinski definition) is 2. The number of amides is 3. The first-order valence-corrected chi connectivity index (χ1v) is 8.05. The predicted molar refractivity (Wildman–Crippen MR) is 98.1 cm³/mol. The summed E-state index contributed by atoms with van der Waals surface area (Å²) in [5, 5.41) is 8.71. The third-order valence-corrected chi connectivity index (χ3v) is 3.84. The van der Waals surface area contributed by atoms with Gasteiger partial charge in [-0.25, -0.2) is 4.79 Å². The molecule has 0 aliphatic rings. The molecule has 0 radical (unpaired) electrons. The number of hydrogen-bond donors (Lipinski definition) is 3. The van der Waals surface area contributed by atoms with Crippen LogP contribution < -0.4 is 16.0 Å². The molecule has 0 aliphatic carbocycles. The third-order valence-electron chi connectivity index (χ3n) is 3.02. The molecule has 0 aliphatic heterocycles. The van der Waals surface area contributed by atoms with Crippen molar-refractivity contribution < 1.29 is 9.59 Å². The van der Waals surface area contributed by atoms with Crippen LogP contribution in [0.5, 0.6) is 0 Å². The van der Waals surface area contributed by atoms with Crippen LogP contribution in [0.4, 0.5) is 16.2 Å². The summed E-state index contributed by atoms with van der Waals surface area (Å²) in [7, 11) is 0. The fourth-order valence-corrected chi connectivity index (χ4v) is 2.28. The van der Waals surface area contributed by atoms with Gasteiger partial charge in [0.2, 0.25) is 0 Å². The van der Waals surface area contributed by atoms with E-state index in [1.54, 1.807) is 42.5 Å². The Hall–Kier alpha value is -2.24. The molecule has 0 atom stereocenters. The Balaban J connectivity index is 1.99. The van der Waals surface area contributed by atoms with Crippen molar-refractivity contribution in [3.8, 4) is 0 Å². The zero-order chi connectivity index (χ0) is 17.7. The van der Waals surface area contributed by atoms with Crippen LogP contribution in [-0.4, -0.2) is 18.0 Å². The molecule has 2 rings (SSSR count). The first kappa shape index (κ1) is 18.1. The summed E-state index contributed by atoms with van der Waals surface area (Å²) in [6.07, 6.45) is 0. The van der Waals surface area contributed by atoms with Crippen LogP contribution in [-0.2, 0) is 0 Å². The van der Waals surface area contributed by atoms with Crippen molar-refractivity contribution in [2.24, 2.45) is 0 Å². The molecule has 0 fully saturated rings. The van der Waals surface area contributed by atoms with Crippen molar-refractivity contribution in [1.82, 2.24) is 5.32 Å². The van der Waals surface area contributed by atoms with Crippen LogP contribution in [0.25, 0.3) is 0 Å². The molecule has 0 aromatic heterocycles. The summed E-state index contributed by atoms with van der Waals surface area (Å²) >= 11 is 11.9. The number of anilines is 2. The second-order valence-corrected chi connectivity index (χ2v) is 6.17. The topological polar surface area (TPSA) is 70.2 Å². The number of benzene rings is 2. The zero-order valence-electron chi connectivity index (χ0n) is 13.2. The second kappa shape index (κ2) is 8.04. The number of rotatable bonds is 4. The molecular formula is C17H17Cl2N3O2. The van der Waals surface area contributed by atoms with Gasteiger partial charge in [0.15, 0.2) is 0 Å². The van der Waals surface area contributed by atoms with E-state index in [1.807, 2.05) is 13.8 Å². The highest BCUT2D eigenvalue weighted by atomic mass is 35.5. The number of urea groups is 1. The van der Waals surface area contributed by atoms with E-state index in [0.29, 0.717) is 22.0 Å². The van der Waals surface area contributed by atoms with Gasteiger partial charge in [0, 0.05) is 17.3 Å². The van der Waals surface area contributed by atoms with E-state index in [0.717, 1.165) is 0 Å². The Morgan fingerprint density at radius 1 is 0.958 bits per heavy atom. The molecule has 0 bridgehead atoms. The lowest BCUT2D eigenvalue weighted by molar-refractivity contribution is 0.0943. The number of carbonyl (C=O) groups excluding carboxylic acids is 2. The van der Waals surface area contributed by atoms with E-state index in [1.165, 1.54) is 0 Å². The average molecular weight is 366 g/mol. The van der Waals surface area contributed by atoms with E-state index < -0.39 is 6.03 Å². The van der Waals surface area contributed by atoms with Gasteiger partial charge < -0.3 is 16.0 Å². The van der Waals surface area contributed by atoms with E-state index in [-0.39, 0.29) is 17.0 Å².